The standard InChI is InChI=1S/C24H36O4/c1-21-7-4-13(26)12-24(21,28)17-10-14(17)19-16(21)5-8-22(2)20(19)15-11-18(15)23(22,27)6-3-9-25/h14-20,25,27-28H,3-12H2,1-2H3/t14-,15+,16?,17+,18-,19?,20?,21+,22-,23-,24+/m0/s1. The van der Waals surface area contributed by atoms with Gasteiger partial charge in [0.15, 0.2) is 0 Å². The molecule has 28 heavy (non-hydrogen) atoms. The van der Waals surface area contributed by atoms with Crippen LogP contribution in [0, 0.1) is 52.3 Å². The van der Waals surface area contributed by atoms with Gasteiger partial charge in [-0.2, -0.15) is 0 Å². The van der Waals surface area contributed by atoms with Crippen LogP contribution in [-0.4, -0.2) is 38.9 Å². The van der Waals surface area contributed by atoms with E-state index in [0.29, 0.717) is 60.7 Å². The van der Waals surface area contributed by atoms with Crippen molar-refractivity contribution in [3.63, 3.8) is 0 Å². The summed E-state index contributed by atoms with van der Waals surface area (Å²) in [7, 11) is 0. The first kappa shape index (κ1) is 18.3. The van der Waals surface area contributed by atoms with Crippen molar-refractivity contribution in [2.24, 2.45) is 52.3 Å². The van der Waals surface area contributed by atoms with Gasteiger partial charge in [0.1, 0.15) is 5.78 Å². The van der Waals surface area contributed by atoms with Crippen molar-refractivity contribution in [2.75, 3.05) is 6.61 Å². The maximum Gasteiger partial charge on any atom is 0.135 e. The maximum absolute atomic E-state index is 12.3. The van der Waals surface area contributed by atoms with Crippen LogP contribution in [0.15, 0.2) is 0 Å². The first-order chi connectivity index (χ1) is 13.2. The van der Waals surface area contributed by atoms with Gasteiger partial charge >= 0.3 is 0 Å². The molecule has 3 unspecified atom stereocenters. The minimum atomic E-state index is -0.781. The highest BCUT2D eigenvalue weighted by atomic mass is 16.3. The third-order valence-corrected chi connectivity index (χ3v) is 11.4. The molecule has 4 nitrogen and oxygen atoms in total. The van der Waals surface area contributed by atoms with E-state index in [1.807, 2.05) is 0 Å². The van der Waals surface area contributed by atoms with Gasteiger partial charge in [-0.1, -0.05) is 13.8 Å². The highest BCUT2D eigenvalue weighted by Gasteiger charge is 2.81. The molecule has 0 heterocycles. The Bertz CT molecular complexity index is 736. The Morgan fingerprint density at radius 2 is 1.75 bits per heavy atom. The number of ketones is 1. The van der Waals surface area contributed by atoms with Gasteiger partial charge in [-0.15, -0.1) is 0 Å². The summed E-state index contributed by atoms with van der Waals surface area (Å²) in [5, 5.41) is 33.0. The number of aliphatic hydroxyl groups excluding tert-OH is 1. The number of hydrogen-bond donors (Lipinski definition) is 3. The molecule has 6 rings (SSSR count). The Hall–Kier alpha value is -0.450. The van der Waals surface area contributed by atoms with Gasteiger partial charge in [0, 0.05) is 24.9 Å². The van der Waals surface area contributed by atoms with Crippen LogP contribution >= 0.6 is 0 Å². The molecule has 156 valence electrons. The van der Waals surface area contributed by atoms with Gasteiger partial charge in [0.2, 0.25) is 0 Å². The molecule has 6 fully saturated rings. The lowest BCUT2D eigenvalue weighted by Crippen LogP contribution is -2.65. The van der Waals surface area contributed by atoms with Crippen molar-refractivity contribution in [1.29, 1.82) is 0 Å². The molecule has 0 radical (unpaired) electrons. The Morgan fingerprint density at radius 3 is 2.50 bits per heavy atom. The normalized spacial score (nSPS) is 63.6. The number of carbonyl (C=O) groups excluding carboxylic acids is 1. The Kier molecular flexibility index (Phi) is 3.43. The molecule has 0 saturated heterocycles. The number of aliphatic hydroxyl groups is 3. The molecule has 0 aromatic rings. The fourth-order valence-electron chi connectivity index (χ4n) is 9.92. The van der Waals surface area contributed by atoms with Gasteiger partial charge in [-0.25, -0.2) is 0 Å². The third kappa shape index (κ3) is 1.84. The van der Waals surface area contributed by atoms with Crippen LogP contribution in [0.25, 0.3) is 0 Å². The van der Waals surface area contributed by atoms with E-state index in [0.717, 1.165) is 38.5 Å². The van der Waals surface area contributed by atoms with Crippen molar-refractivity contribution in [2.45, 2.75) is 82.8 Å². The summed E-state index contributed by atoms with van der Waals surface area (Å²) in [6, 6.07) is 0. The highest BCUT2D eigenvalue weighted by Crippen LogP contribution is 2.81. The van der Waals surface area contributed by atoms with E-state index in [4.69, 9.17) is 0 Å². The van der Waals surface area contributed by atoms with E-state index in [9.17, 15) is 20.1 Å². The zero-order valence-electron chi connectivity index (χ0n) is 17.4. The molecule has 4 heteroatoms. The first-order valence-corrected chi connectivity index (χ1v) is 11.8. The van der Waals surface area contributed by atoms with E-state index in [2.05, 4.69) is 13.8 Å². The molecular weight excluding hydrogens is 352 g/mol. The molecule has 0 bridgehead atoms. The van der Waals surface area contributed by atoms with Gasteiger partial charge in [-0.05, 0) is 91.8 Å². The average molecular weight is 389 g/mol. The van der Waals surface area contributed by atoms with Crippen molar-refractivity contribution in [3.8, 4) is 0 Å². The van der Waals surface area contributed by atoms with Crippen LogP contribution < -0.4 is 0 Å². The second-order valence-electron chi connectivity index (χ2n) is 12.0. The third-order valence-electron chi connectivity index (χ3n) is 11.4. The molecule has 0 aromatic carbocycles. The summed E-state index contributed by atoms with van der Waals surface area (Å²) >= 11 is 0. The van der Waals surface area contributed by atoms with Crippen LogP contribution in [0.3, 0.4) is 0 Å². The molecule has 6 aliphatic carbocycles. The minimum absolute atomic E-state index is 0.0413. The minimum Gasteiger partial charge on any atom is -0.396 e. The second-order valence-corrected chi connectivity index (χ2v) is 12.0. The fourth-order valence-corrected chi connectivity index (χ4v) is 9.92. The van der Waals surface area contributed by atoms with Crippen LogP contribution in [0.4, 0.5) is 0 Å². The number of fused-ring (bicyclic) bond motifs is 10. The van der Waals surface area contributed by atoms with E-state index in [1.165, 1.54) is 0 Å². The summed E-state index contributed by atoms with van der Waals surface area (Å²) in [5.41, 5.74) is -1.57. The first-order valence-electron chi connectivity index (χ1n) is 11.8. The molecule has 0 amide bonds. The van der Waals surface area contributed by atoms with Crippen molar-refractivity contribution in [1.82, 2.24) is 0 Å². The lowest BCUT2D eigenvalue weighted by molar-refractivity contribution is -0.223. The number of hydrogen-bond acceptors (Lipinski definition) is 4. The molecular formula is C24H36O4. The van der Waals surface area contributed by atoms with Gasteiger partial charge in [0.25, 0.3) is 0 Å². The Morgan fingerprint density at radius 1 is 1.00 bits per heavy atom. The second kappa shape index (κ2) is 5.23. The van der Waals surface area contributed by atoms with Crippen LogP contribution in [-0.2, 0) is 4.79 Å². The molecule has 0 spiro atoms. The largest absolute Gasteiger partial charge is 0.396 e. The zero-order chi connectivity index (χ0) is 19.7. The van der Waals surface area contributed by atoms with E-state index in [-0.39, 0.29) is 23.2 Å². The smallest absolute Gasteiger partial charge is 0.135 e. The molecule has 6 aliphatic rings. The van der Waals surface area contributed by atoms with E-state index >= 15 is 0 Å². The Balaban J connectivity index is 1.39. The quantitative estimate of drug-likeness (QED) is 0.695. The van der Waals surface area contributed by atoms with Crippen LogP contribution in [0.2, 0.25) is 0 Å². The molecule has 0 aliphatic heterocycles. The van der Waals surface area contributed by atoms with Crippen molar-refractivity contribution >= 4 is 5.78 Å². The maximum atomic E-state index is 12.3. The van der Waals surface area contributed by atoms with E-state index < -0.39 is 11.2 Å². The lowest BCUT2D eigenvalue weighted by Gasteiger charge is -2.64. The van der Waals surface area contributed by atoms with E-state index in [1.54, 1.807) is 0 Å². The van der Waals surface area contributed by atoms with Crippen molar-refractivity contribution < 1.29 is 20.1 Å². The summed E-state index contributed by atoms with van der Waals surface area (Å²) in [6.45, 7) is 4.81. The predicted octanol–water partition coefficient (Wildman–Crippen LogP) is 2.93. The number of Topliss-reactive ketones (excluding diaryl/α,β-unsaturated/α-hetero) is 1. The SMILES string of the molecule is C[C@]12CCC3C(C1[C@@H]1C[C@@H]1[C@@]2(O)CCCO)[C@H]1C[C@H]1[C@]1(O)CC(=O)CC[C@]31C. The van der Waals surface area contributed by atoms with Crippen molar-refractivity contribution in [3.05, 3.63) is 0 Å². The molecule has 6 saturated carbocycles. The van der Waals surface area contributed by atoms with Gasteiger partial charge < -0.3 is 15.3 Å². The van der Waals surface area contributed by atoms with Crippen LogP contribution in [0.1, 0.15) is 71.6 Å². The number of rotatable bonds is 3. The summed E-state index contributed by atoms with van der Waals surface area (Å²) in [6.07, 6.45) is 7.64. The lowest BCUT2D eigenvalue weighted by atomic mass is 9.42. The molecule has 3 N–H and O–H groups in total. The van der Waals surface area contributed by atoms with Crippen LogP contribution in [0.5, 0.6) is 0 Å². The predicted molar refractivity (Wildman–Crippen MR) is 104 cm³/mol. The average Bonchev–Trinajstić information content (AvgIpc) is 3.54. The summed E-state index contributed by atoms with van der Waals surface area (Å²) in [5.74, 6) is 3.84. The Labute approximate surface area is 168 Å². The highest BCUT2D eigenvalue weighted by molar-refractivity contribution is 5.81. The summed E-state index contributed by atoms with van der Waals surface area (Å²) < 4.78 is 0. The van der Waals surface area contributed by atoms with Gasteiger partial charge in [-0.3, -0.25) is 4.79 Å². The summed E-state index contributed by atoms with van der Waals surface area (Å²) in [4.78, 5) is 12.3. The monoisotopic (exact) mass is 388 g/mol. The topological polar surface area (TPSA) is 77.8 Å². The molecule has 11 atom stereocenters. The molecule has 0 aromatic heterocycles. The zero-order valence-corrected chi connectivity index (χ0v) is 17.4. The fraction of sp³-hybridized carbons (Fsp3) is 0.958. The van der Waals surface area contributed by atoms with Gasteiger partial charge in [0.05, 0.1) is 11.2 Å². The number of carbonyl (C=O) groups is 1.